The largest absolute Gasteiger partial charge is 0.484 e. The molecule has 1 aliphatic rings. The van der Waals surface area contributed by atoms with Gasteiger partial charge in [0.15, 0.2) is 6.61 Å². The van der Waals surface area contributed by atoms with E-state index in [9.17, 15) is 19.3 Å². The lowest BCUT2D eigenvalue weighted by atomic mass is 10.0. The maximum Gasteiger partial charge on any atom is 0.305 e. The third-order valence-corrected chi connectivity index (χ3v) is 4.01. The quantitative estimate of drug-likeness (QED) is 0.584. The van der Waals surface area contributed by atoms with Crippen molar-refractivity contribution in [2.75, 3.05) is 26.2 Å². The van der Waals surface area contributed by atoms with E-state index in [2.05, 4.69) is 5.32 Å². The molecular weight excluding hydrogens is 353 g/mol. The van der Waals surface area contributed by atoms with Gasteiger partial charge in [0.05, 0.1) is 4.92 Å². The van der Waals surface area contributed by atoms with Crippen molar-refractivity contribution in [3.8, 4) is 5.75 Å². The monoisotopic (exact) mass is 375 g/mol. The lowest BCUT2D eigenvalue weighted by molar-refractivity contribution is -0.387. The van der Waals surface area contributed by atoms with Crippen molar-refractivity contribution in [1.82, 2.24) is 10.2 Å². The van der Waals surface area contributed by atoms with E-state index >= 15 is 0 Å². The highest BCUT2D eigenvalue weighted by atomic mass is 35.5. The van der Waals surface area contributed by atoms with E-state index < -0.39 is 16.4 Å². The topological polar surface area (TPSA) is 84.7 Å². The summed E-state index contributed by atoms with van der Waals surface area (Å²) in [6, 6.07) is 3.45. The Morgan fingerprint density at radius 2 is 2.12 bits per heavy atom. The van der Waals surface area contributed by atoms with Gasteiger partial charge in [0.1, 0.15) is 5.75 Å². The Morgan fingerprint density at radius 1 is 1.44 bits per heavy atom. The van der Waals surface area contributed by atoms with Crippen LogP contribution in [0.15, 0.2) is 18.2 Å². The minimum Gasteiger partial charge on any atom is -0.484 e. The number of halogens is 2. The molecule has 1 aliphatic heterocycles. The van der Waals surface area contributed by atoms with E-state index in [0.717, 1.165) is 44.5 Å². The summed E-state index contributed by atoms with van der Waals surface area (Å²) in [5, 5.41) is 13.9. The molecule has 0 unspecified atom stereocenters. The van der Waals surface area contributed by atoms with Gasteiger partial charge in [0, 0.05) is 24.7 Å². The standard InChI is InChI=1S/C16H22FN3O4.ClH/c1-2-9-19(12-5-7-18-8-6-12)16(21)11-24-13-3-4-15(20(22)23)14(17)10-13;/h3-4,10,12,18H,2,5-9,11H2,1H3;1H. The smallest absolute Gasteiger partial charge is 0.305 e. The molecule has 25 heavy (non-hydrogen) atoms. The van der Waals surface area contributed by atoms with E-state index in [4.69, 9.17) is 4.74 Å². The van der Waals surface area contributed by atoms with Gasteiger partial charge in [0.2, 0.25) is 5.82 Å². The zero-order valence-electron chi connectivity index (χ0n) is 14.1. The molecule has 0 spiro atoms. The zero-order valence-corrected chi connectivity index (χ0v) is 14.9. The first-order chi connectivity index (χ1) is 11.5. The van der Waals surface area contributed by atoms with Crippen molar-refractivity contribution >= 4 is 24.0 Å². The Morgan fingerprint density at radius 3 is 2.68 bits per heavy atom. The van der Waals surface area contributed by atoms with Crippen molar-refractivity contribution in [1.29, 1.82) is 0 Å². The predicted octanol–water partition coefficient (Wildman–Crippen LogP) is 2.53. The summed E-state index contributed by atoms with van der Waals surface area (Å²) in [7, 11) is 0. The lowest BCUT2D eigenvalue weighted by Gasteiger charge is -2.34. The molecule has 1 N–H and O–H groups in total. The summed E-state index contributed by atoms with van der Waals surface area (Å²) in [5.41, 5.74) is -0.615. The van der Waals surface area contributed by atoms with Crippen LogP contribution in [0.4, 0.5) is 10.1 Å². The van der Waals surface area contributed by atoms with Crippen LogP contribution in [0.3, 0.4) is 0 Å². The maximum atomic E-state index is 13.6. The molecule has 1 aromatic rings. The molecule has 0 aromatic heterocycles. The molecule has 1 heterocycles. The van der Waals surface area contributed by atoms with Crippen LogP contribution in [0.25, 0.3) is 0 Å². The minimum absolute atomic E-state index is 0. The molecule has 1 amide bonds. The van der Waals surface area contributed by atoms with Crippen LogP contribution in [0.5, 0.6) is 5.75 Å². The molecule has 0 saturated carbocycles. The molecule has 7 nitrogen and oxygen atoms in total. The first-order valence-corrected chi connectivity index (χ1v) is 8.09. The fourth-order valence-electron chi connectivity index (χ4n) is 2.82. The number of piperidine rings is 1. The summed E-state index contributed by atoms with van der Waals surface area (Å²) in [6.07, 6.45) is 2.65. The molecule has 1 aromatic carbocycles. The highest BCUT2D eigenvalue weighted by Gasteiger charge is 2.25. The van der Waals surface area contributed by atoms with E-state index in [-0.39, 0.29) is 36.7 Å². The molecule has 0 atom stereocenters. The van der Waals surface area contributed by atoms with E-state index in [0.29, 0.717) is 6.54 Å². The van der Waals surface area contributed by atoms with Gasteiger partial charge in [-0.15, -0.1) is 12.4 Å². The summed E-state index contributed by atoms with van der Waals surface area (Å²) in [5.74, 6) is -1.02. The van der Waals surface area contributed by atoms with Crippen LogP contribution in [0.2, 0.25) is 0 Å². The molecular formula is C16H23ClFN3O4. The Bertz CT molecular complexity index is 597. The van der Waals surface area contributed by atoms with Gasteiger partial charge < -0.3 is 15.0 Å². The Kier molecular flexibility index (Phi) is 8.57. The normalized spacial score (nSPS) is 14.5. The minimum atomic E-state index is -0.978. The fourth-order valence-corrected chi connectivity index (χ4v) is 2.82. The second kappa shape index (κ2) is 10.1. The number of rotatable bonds is 7. The number of carbonyl (C=O) groups is 1. The number of nitrogens with one attached hydrogen (secondary N) is 1. The average molecular weight is 376 g/mol. The second-order valence-corrected chi connectivity index (χ2v) is 5.73. The van der Waals surface area contributed by atoms with Gasteiger partial charge in [-0.3, -0.25) is 14.9 Å². The van der Waals surface area contributed by atoms with Crippen molar-refractivity contribution in [2.24, 2.45) is 0 Å². The van der Waals surface area contributed by atoms with Gasteiger partial charge >= 0.3 is 5.69 Å². The predicted molar refractivity (Wildman–Crippen MR) is 93.7 cm³/mol. The Balaban J connectivity index is 0.00000312. The summed E-state index contributed by atoms with van der Waals surface area (Å²) < 4.78 is 18.9. The number of benzene rings is 1. The molecule has 0 radical (unpaired) electrons. The molecule has 9 heteroatoms. The molecule has 1 saturated heterocycles. The Labute approximate surface area is 152 Å². The summed E-state index contributed by atoms with van der Waals surface area (Å²) in [6.45, 7) is 4.22. The van der Waals surface area contributed by atoms with Gasteiger partial charge in [-0.05, 0) is 38.4 Å². The maximum absolute atomic E-state index is 13.6. The fraction of sp³-hybridized carbons (Fsp3) is 0.562. The Hall–Kier alpha value is -1.93. The van der Waals surface area contributed by atoms with Crippen LogP contribution in [-0.4, -0.2) is 48.0 Å². The van der Waals surface area contributed by atoms with Gasteiger partial charge in [-0.25, -0.2) is 0 Å². The van der Waals surface area contributed by atoms with Crippen LogP contribution in [0.1, 0.15) is 26.2 Å². The number of nitro benzene ring substituents is 1. The molecule has 1 fully saturated rings. The summed E-state index contributed by atoms with van der Waals surface area (Å²) in [4.78, 5) is 24.1. The first kappa shape index (κ1) is 21.1. The van der Waals surface area contributed by atoms with Crippen molar-refractivity contribution in [3.05, 3.63) is 34.1 Å². The number of nitrogens with zero attached hydrogens (tertiary/aromatic N) is 2. The van der Waals surface area contributed by atoms with Crippen LogP contribution >= 0.6 is 12.4 Å². The zero-order chi connectivity index (χ0) is 17.5. The van der Waals surface area contributed by atoms with Gasteiger partial charge in [-0.2, -0.15) is 4.39 Å². The number of carbonyl (C=O) groups excluding carboxylic acids is 1. The number of nitro groups is 1. The SMILES string of the molecule is CCCN(C(=O)COc1ccc([N+](=O)[O-])c(F)c1)C1CCNCC1.Cl. The average Bonchev–Trinajstić information content (AvgIpc) is 2.58. The third-order valence-electron chi connectivity index (χ3n) is 4.01. The van der Waals surface area contributed by atoms with E-state index in [1.807, 2.05) is 11.8 Å². The highest BCUT2D eigenvalue weighted by molar-refractivity contribution is 5.85. The van der Waals surface area contributed by atoms with Crippen molar-refractivity contribution in [2.45, 2.75) is 32.2 Å². The highest BCUT2D eigenvalue weighted by Crippen LogP contribution is 2.22. The molecule has 0 bridgehead atoms. The van der Waals surface area contributed by atoms with E-state index in [1.165, 1.54) is 6.07 Å². The second-order valence-electron chi connectivity index (χ2n) is 5.73. The lowest BCUT2D eigenvalue weighted by Crippen LogP contribution is -2.48. The number of hydrogen-bond donors (Lipinski definition) is 1. The molecule has 140 valence electrons. The molecule has 0 aliphatic carbocycles. The summed E-state index contributed by atoms with van der Waals surface area (Å²) >= 11 is 0. The van der Waals surface area contributed by atoms with Crippen molar-refractivity contribution < 1.29 is 18.8 Å². The van der Waals surface area contributed by atoms with Crippen LogP contribution in [-0.2, 0) is 4.79 Å². The third kappa shape index (κ3) is 5.82. The van der Waals surface area contributed by atoms with Crippen LogP contribution in [0, 0.1) is 15.9 Å². The van der Waals surface area contributed by atoms with Crippen molar-refractivity contribution in [3.63, 3.8) is 0 Å². The van der Waals surface area contributed by atoms with Crippen LogP contribution < -0.4 is 10.1 Å². The van der Waals surface area contributed by atoms with E-state index in [1.54, 1.807) is 0 Å². The number of hydrogen-bond acceptors (Lipinski definition) is 5. The van der Waals surface area contributed by atoms with Gasteiger partial charge in [0.25, 0.3) is 5.91 Å². The van der Waals surface area contributed by atoms with Gasteiger partial charge in [-0.1, -0.05) is 6.92 Å². The molecule has 2 rings (SSSR count). The number of ether oxygens (including phenoxy) is 1. The number of amides is 1. The first-order valence-electron chi connectivity index (χ1n) is 8.09.